The van der Waals surface area contributed by atoms with Crippen LogP contribution in [-0.2, 0) is 10.1 Å². The highest BCUT2D eigenvalue weighted by Crippen LogP contribution is 2.37. The van der Waals surface area contributed by atoms with Crippen molar-refractivity contribution in [2.24, 2.45) is 0 Å². The molecular weight excluding hydrogens is 594 g/mol. The molecule has 0 atom stereocenters. The molecule has 3 rings (SSSR count). The molecule has 5 nitrogen and oxygen atoms in total. The number of ether oxygens (including phenoxy) is 1. The first-order valence-electron chi connectivity index (χ1n) is 8.53. The van der Waals surface area contributed by atoms with Crippen molar-refractivity contribution in [2.75, 3.05) is 0 Å². The maximum Gasteiger partial charge on any atom is 0.345 e. The van der Waals surface area contributed by atoms with Crippen molar-refractivity contribution in [3.63, 3.8) is 0 Å². The predicted octanol–water partition coefficient (Wildman–Crippen LogP) is 5.07. The molecule has 0 aromatic heterocycles. The lowest BCUT2D eigenvalue weighted by Gasteiger charge is -2.25. The largest absolute Gasteiger partial charge is 0.744 e. The first-order valence-corrected chi connectivity index (χ1v) is 12.1. The van der Waals surface area contributed by atoms with Crippen molar-refractivity contribution < 1.29 is 22.5 Å². The van der Waals surface area contributed by atoms with Crippen LogP contribution in [0.1, 0.15) is 53.9 Å². The summed E-state index contributed by atoms with van der Waals surface area (Å²) in [5, 5.41) is 0. The molecule has 1 fully saturated rings. The number of hydrogen-bond acceptors (Lipinski definition) is 5. The molecule has 27 heavy (non-hydrogen) atoms. The molecule has 0 heterocycles. The number of hydrogen-bond donors (Lipinski definition) is 0. The molecule has 0 spiro atoms. The summed E-state index contributed by atoms with van der Waals surface area (Å²) < 4.78 is 42.1. The van der Waals surface area contributed by atoms with Crippen molar-refractivity contribution >= 4 is 61.3 Å². The summed E-state index contributed by atoms with van der Waals surface area (Å²) in [6.45, 7) is 0. The summed E-state index contributed by atoms with van der Waals surface area (Å²) in [4.78, 5) is 12.4. The van der Waals surface area contributed by atoms with Gasteiger partial charge in [-0.05, 0) is 99.8 Å². The summed E-state index contributed by atoms with van der Waals surface area (Å²) in [6, 6.07) is 9.67. The Kier molecular flexibility index (Phi) is 6.80. The highest BCUT2D eigenvalue weighted by Gasteiger charge is 2.23. The van der Waals surface area contributed by atoms with Crippen LogP contribution in [0.4, 0.5) is 0 Å². The minimum atomic E-state index is -4.59. The molecule has 0 amide bonds. The van der Waals surface area contributed by atoms with E-state index in [4.69, 9.17) is 4.74 Å². The Morgan fingerprint density at radius 3 is 2.26 bits per heavy atom. The van der Waals surface area contributed by atoms with Gasteiger partial charge in [-0.3, -0.25) is 0 Å². The Hall–Kier alpha value is -0.720. The Balaban J connectivity index is 1.96. The van der Waals surface area contributed by atoms with Crippen LogP contribution < -0.4 is 4.74 Å². The van der Waals surface area contributed by atoms with Gasteiger partial charge in [-0.25, -0.2) is 13.2 Å². The molecule has 1 aliphatic rings. The number of carbonyl (C=O) groups is 1. The maximum absolute atomic E-state index is 12.6. The fraction of sp³-hybridized carbons (Fsp3) is 0.316. The Labute approximate surface area is 185 Å². The van der Waals surface area contributed by atoms with Crippen LogP contribution in [0.25, 0.3) is 0 Å². The second-order valence-corrected chi connectivity index (χ2v) is 10.1. The Morgan fingerprint density at radius 1 is 1.04 bits per heavy atom. The maximum atomic E-state index is 12.6. The summed E-state index contributed by atoms with van der Waals surface area (Å²) in [5.41, 5.74) is 0.936. The Bertz CT molecular complexity index is 946. The van der Waals surface area contributed by atoms with E-state index in [9.17, 15) is 17.8 Å². The minimum Gasteiger partial charge on any atom is -0.744 e. The van der Waals surface area contributed by atoms with E-state index in [0.29, 0.717) is 11.1 Å². The van der Waals surface area contributed by atoms with E-state index in [1.54, 1.807) is 6.07 Å². The van der Waals surface area contributed by atoms with Gasteiger partial charge >= 0.3 is 5.97 Å². The number of esters is 1. The second kappa shape index (κ2) is 8.75. The molecule has 144 valence electrons. The molecule has 1 saturated carbocycles. The molecular formula is C19H17I2O5S-. The predicted molar refractivity (Wildman–Crippen MR) is 117 cm³/mol. The zero-order valence-corrected chi connectivity index (χ0v) is 19.4. The van der Waals surface area contributed by atoms with E-state index in [-0.39, 0.29) is 16.6 Å². The molecule has 0 bridgehead atoms. The topological polar surface area (TPSA) is 83.5 Å². The van der Waals surface area contributed by atoms with Crippen molar-refractivity contribution in [1.82, 2.24) is 0 Å². The van der Waals surface area contributed by atoms with Crippen LogP contribution >= 0.6 is 45.2 Å². The minimum absolute atomic E-state index is 0.00637. The molecule has 0 radical (unpaired) electrons. The van der Waals surface area contributed by atoms with Crippen LogP contribution in [0.2, 0.25) is 0 Å². The highest BCUT2D eigenvalue weighted by molar-refractivity contribution is 14.1. The monoisotopic (exact) mass is 611 g/mol. The first kappa shape index (κ1) is 21.0. The summed E-state index contributed by atoms with van der Waals surface area (Å²) >= 11 is 4.15. The van der Waals surface area contributed by atoms with Crippen molar-refractivity contribution in [3.8, 4) is 5.75 Å². The highest BCUT2D eigenvalue weighted by atomic mass is 127. The van der Waals surface area contributed by atoms with Gasteiger partial charge in [0.1, 0.15) is 15.9 Å². The molecule has 2 aromatic carbocycles. The van der Waals surface area contributed by atoms with E-state index in [1.165, 1.54) is 12.1 Å². The lowest BCUT2D eigenvalue weighted by atomic mass is 9.84. The average Bonchev–Trinajstić information content (AvgIpc) is 2.61. The molecule has 2 aromatic rings. The smallest absolute Gasteiger partial charge is 0.345 e. The third-order valence-electron chi connectivity index (χ3n) is 4.67. The number of benzene rings is 2. The van der Waals surface area contributed by atoms with Crippen LogP contribution in [0, 0.1) is 7.14 Å². The SMILES string of the molecule is O=C(Oc1ccc(S(=O)(=O)[O-])c(C2CCCCC2)c1)c1c(I)cccc1I. The zero-order chi connectivity index (χ0) is 19.6. The third kappa shape index (κ3) is 5.01. The van der Waals surface area contributed by atoms with Gasteiger partial charge in [0.05, 0.1) is 10.5 Å². The van der Waals surface area contributed by atoms with E-state index in [1.807, 2.05) is 18.2 Å². The molecule has 1 aliphatic carbocycles. The van der Waals surface area contributed by atoms with E-state index >= 15 is 0 Å². The molecule has 0 unspecified atom stereocenters. The number of carbonyl (C=O) groups excluding carboxylic acids is 1. The van der Waals surface area contributed by atoms with Gasteiger partial charge in [-0.2, -0.15) is 0 Å². The molecule has 0 saturated heterocycles. The van der Waals surface area contributed by atoms with Gasteiger partial charge < -0.3 is 9.29 Å². The number of rotatable bonds is 4. The van der Waals surface area contributed by atoms with Gasteiger partial charge in [-0.15, -0.1) is 0 Å². The lowest BCUT2D eigenvalue weighted by molar-refractivity contribution is 0.0732. The van der Waals surface area contributed by atoms with Gasteiger partial charge in [0.15, 0.2) is 0 Å². The van der Waals surface area contributed by atoms with Crippen molar-refractivity contribution in [1.29, 1.82) is 0 Å². The summed E-state index contributed by atoms with van der Waals surface area (Å²) in [7, 11) is -4.59. The fourth-order valence-electron chi connectivity index (χ4n) is 3.40. The second-order valence-electron chi connectivity index (χ2n) is 6.47. The zero-order valence-electron chi connectivity index (χ0n) is 14.3. The van der Waals surface area contributed by atoms with Crippen LogP contribution in [0.5, 0.6) is 5.75 Å². The first-order chi connectivity index (χ1) is 12.8. The third-order valence-corrected chi connectivity index (χ3v) is 7.38. The van der Waals surface area contributed by atoms with Crippen LogP contribution in [0.3, 0.4) is 0 Å². The van der Waals surface area contributed by atoms with Crippen LogP contribution in [-0.4, -0.2) is 18.9 Å². The quantitative estimate of drug-likeness (QED) is 0.209. The molecule has 0 N–H and O–H groups in total. The molecule has 0 aliphatic heterocycles. The van der Waals surface area contributed by atoms with Gasteiger partial charge in [0.2, 0.25) is 0 Å². The van der Waals surface area contributed by atoms with Crippen LogP contribution in [0.15, 0.2) is 41.3 Å². The molecule has 8 heteroatoms. The summed E-state index contributed by atoms with van der Waals surface area (Å²) in [6.07, 6.45) is 4.75. The standard InChI is InChI=1S/C19H18I2O5S/c20-15-7-4-8-16(21)18(15)19(22)26-13-9-10-17(27(23,24)25)14(11-13)12-5-2-1-3-6-12/h4,7-12H,1-3,5-6H2,(H,23,24,25)/p-1. The van der Waals surface area contributed by atoms with Crippen molar-refractivity contribution in [2.45, 2.75) is 42.9 Å². The Morgan fingerprint density at radius 2 is 1.67 bits per heavy atom. The van der Waals surface area contributed by atoms with E-state index < -0.39 is 16.1 Å². The lowest BCUT2D eigenvalue weighted by Crippen LogP contribution is -2.14. The summed E-state index contributed by atoms with van der Waals surface area (Å²) in [5.74, 6) is -0.256. The normalized spacial score (nSPS) is 15.5. The van der Waals surface area contributed by atoms with Crippen molar-refractivity contribution in [3.05, 3.63) is 54.7 Å². The van der Waals surface area contributed by atoms with E-state index in [2.05, 4.69) is 45.2 Å². The van der Waals surface area contributed by atoms with Gasteiger partial charge in [-0.1, -0.05) is 25.3 Å². The average molecular weight is 611 g/mol. The number of halogens is 2. The van der Waals surface area contributed by atoms with Gasteiger partial charge in [0.25, 0.3) is 0 Å². The fourth-order valence-corrected chi connectivity index (χ4v) is 6.10. The van der Waals surface area contributed by atoms with Gasteiger partial charge in [0, 0.05) is 7.14 Å². The van der Waals surface area contributed by atoms with E-state index in [0.717, 1.165) is 39.2 Å².